The first-order valence-electron chi connectivity index (χ1n) is 8.40. The molecule has 0 fully saturated rings. The molecule has 8 heteroatoms. The van der Waals surface area contributed by atoms with Crippen LogP contribution in [0.25, 0.3) is 22.3 Å². The molecule has 0 saturated carbocycles. The van der Waals surface area contributed by atoms with Crippen LogP contribution in [0.2, 0.25) is 0 Å². The van der Waals surface area contributed by atoms with Crippen LogP contribution in [-0.2, 0) is 16.0 Å². The number of esters is 1. The molecule has 1 aromatic heterocycles. The lowest BCUT2D eigenvalue weighted by Crippen LogP contribution is -2.17. The Morgan fingerprint density at radius 3 is 2.50 bits per heavy atom. The topological polar surface area (TPSA) is 126 Å². The smallest absolute Gasteiger partial charge is 0.310 e. The lowest BCUT2D eigenvalue weighted by Gasteiger charge is -2.12. The van der Waals surface area contributed by atoms with E-state index < -0.39 is 23.6 Å². The Kier molecular flexibility index (Phi) is 5.12. The van der Waals surface area contributed by atoms with Crippen LogP contribution in [0.4, 0.5) is 0 Å². The number of methoxy groups -OCH3 is 1. The lowest BCUT2D eigenvalue weighted by molar-refractivity contribution is -0.142. The van der Waals surface area contributed by atoms with Crippen LogP contribution < -0.4 is 10.2 Å². The monoisotopic (exact) mass is 386 g/mol. The van der Waals surface area contributed by atoms with Crippen LogP contribution in [0.3, 0.4) is 0 Å². The third-order valence-corrected chi connectivity index (χ3v) is 4.12. The zero-order chi connectivity index (χ0) is 20.4. The van der Waals surface area contributed by atoms with Gasteiger partial charge in [-0.05, 0) is 25.1 Å². The van der Waals surface area contributed by atoms with Gasteiger partial charge in [0.25, 0.3) is 0 Å². The second kappa shape index (κ2) is 7.51. The summed E-state index contributed by atoms with van der Waals surface area (Å²) in [5.41, 5.74) is -0.450. The number of fused-ring (bicyclic) bond motifs is 1. The van der Waals surface area contributed by atoms with E-state index in [1.807, 2.05) is 0 Å². The molecule has 0 aliphatic rings. The van der Waals surface area contributed by atoms with Gasteiger partial charge in [0, 0.05) is 17.7 Å². The van der Waals surface area contributed by atoms with E-state index >= 15 is 0 Å². The molecule has 28 heavy (non-hydrogen) atoms. The summed E-state index contributed by atoms with van der Waals surface area (Å²) in [5, 5.41) is 29.7. The molecule has 2 aromatic carbocycles. The Morgan fingerprint density at radius 2 is 1.86 bits per heavy atom. The van der Waals surface area contributed by atoms with Crippen molar-refractivity contribution in [1.82, 2.24) is 0 Å². The summed E-state index contributed by atoms with van der Waals surface area (Å²) in [4.78, 5) is 25.0. The average molecular weight is 386 g/mol. The number of hydrogen-bond acceptors (Lipinski definition) is 8. The third kappa shape index (κ3) is 3.44. The van der Waals surface area contributed by atoms with Crippen LogP contribution in [-0.4, -0.2) is 35.0 Å². The Labute approximate surface area is 159 Å². The van der Waals surface area contributed by atoms with Crippen molar-refractivity contribution >= 4 is 16.9 Å². The van der Waals surface area contributed by atoms with Gasteiger partial charge in [-0.15, -0.1) is 0 Å². The van der Waals surface area contributed by atoms with Crippen LogP contribution >= 0.6 is 0 Å². The normalized spacial score (nSPS) is 10.8. The van der Waals surface area contributed by atoms with Crippen LogP contribution in [0.5, 0.6) is 23.0 Å². The van der Waals surface area contributed by atoms with Gasteiger partial charge in [0.2, 0.25) is 5.43 Å². The minimum atomic E-state index is -0.647. The highest BCUT2D eigenvalue weighted by atomic mass is 16.5. The van der Waals surface area contributed by atoms with E-state index in [1.54, 1.807) is 13.0 Å². The molecule has 0 aliphatic heterocycles. The molecular weight excluding hydrogens is 368 g/mol. The number of carbonyl (C=O) groups is 1. The molecule has 0 radical (unpaired) electrons. The number of phenolic OH excluding ortho intramolecular Hbond substituents is 3. The second-order valence-electron chi connectivity index (χ2n) is 5.95. The van der Waals surface area contributed by atoms with Gasteiger partial charge in [-0.2, -0.15) is 0 Å². The first-order chi connectivity index (χ1) is 13.3. The maximum Gasteiger partial charge on any atom is 0.310 e. The molecule has 0 amide bonds. The van der Waals surface area contributed by atoms with Crippen molar-refractivity contribution < 1.29 is 34.0 Å². The molecule has 8 nitrogen and oxygen atoms in total. The predicted molar refractivity (Wildman–Crippen MR) is 99.8 cm³/mol. The van der Waals surface area contributed by atoms with E-state index in [0.29, 0.717) is 5.56 Å². The lowest BCUT2D eigenvalue weighted by atomic mass is 10.0. The standard InChI is InChI=1S/C20H18O8/c1-3-27-17(24)9-12-19(25)18-14(23)7-11(21)8-16(18)28-20(12)10-4-5-15(26-2)13(22)6-10/h4-8,21-23H,3,9H2,1-2H3. The van der Waals surface area contributed by atoms with E-state index in [1.165, 1.54) is 25.3 Å². The van der Waals surface area contributed by atoms with Crippen molar-refractivity contribution in [1.29, 1.82) is 0 Å². The summed E-state index contributed by atoms with van der Waals surface area (Å²) in [5.74, 6) is -1.38. The third-order valence-electron chi connectivity index (χ3n) is 4.12. The van der Waals surface area contributed by atoms with E-state index in [2.05, 4.69) is 0 Å². The van der Waals surface area contributed by atoms with Crippen LogP contribution in [0.1, 0.15) is 12.5 Å². The van der Waals surface area contributed by atoms with Crippen LogP contribution in [0.15, 0.2) is 39.5 Å². The molecule has 3 N–H and O–H groups in total. The molecule has 1 heterocycles. The van der Waals surface area contributed by atoms with E-state index in [0.717, 1.165) is 6.07 Å². The second-order valence-corrected chi connectivity index (χ2v) is 5.95. The highest BCUT2D eigenvalue weighted by molar-refractivity contribution is 5.88. The molecule has 3 rings (SSSR count). The summed E-state index contributed by atoms with van der Waals surface area (Å²) < 4.78 is 15.7. The fourth-order valence-electron chi connectivity index (χ4n) is 2.90. The molecule has 0 unspecified atom stereocenters. The highest BCUT2D eigenvalue weighted by Crippen LogP contribution is 2.36. The number of hydrogen-bond donors (Lipinski definition) is 3. The van der Waals surface area contributed by atoms with Gasteiger partial charge in [0.15, 0.2) is 11.5 Å². The Morgan fingerprint density at radius 1 is 1.11 bits per heavy atom. The van der Waals surface area contributed by atoms with Gasteiger partial charge < -0.3 is 29.2 Å². The Hall–Kier alpha value is -3.68. The average Bonchev–Trinajstić information content (AvgIpc) is 2.63. The van der Waals surface area contributed by atoms with Crippen molar-refractivity contribution in [2.75, 3.05) is 13.7 Å². The van der Waals surface area contributed by atoms with Gasteiger partial charge in [0.1, 0.15) is 28.2 Å². The van der Waals surface area contributed by atoms with E-state index in [9.17, 15) is 24.9 Å². The van der Waals surface area contributed by atoms with Crippen molar-refractivity contribution in [2.45, 2.75) is 13.3 Å². The van der Waals surface area contributed by atoms with Crippen molar-refractivity contribution in [3.63, 3.8) is 0 Å². The molecule has 0 saturated heterocycles. The summed E-state index contributed by atoms with van der Waals surface area (Å²) >= 11 is 0. The number of benzene rings is 2. The van der Waals surface area contributed by atoms with Gasteiger partial charge in [-0.25, -0.2) is 0 Å². The number of ether oxygens (including phenoxy) is 2. The largest absolute Gasteiger partial charge is 0.508 e. The fourth-order valence-corrected chi connectivity index (χ4v) is 2.90. The summed E-state index contributed by atoms with van der Waals surface area (Å²) in [6, 6.07) is 6.52. The first kappa shape index (κ1) is 19.1. The molecular formula is C20H18O8. The van der Waals surface area contributed by atoms with Gasteiger partial charge >= 0.3 is 5.97 Å². The minimum Gasteiger partial charge on any atom is -0.508 e. The maximum absolute atomic E-state index is 13.0. The minimum absolute atomic E-state index is 0.00788. The quantitative estimate of drug-likeness (QED) is 0.571. The van der Waals surface area contributed by atoms with Gasteiger partial charge in [-0.3, -0.25) is 9.59 Å². The molecule has 0 atom stereocenters. The molecule has 0 aliphatic carbocycles. The number of aromatic hydroxyl groups is 3. The predicted octanol–water partition coefficient (Wildman–Crippen LogP) is 2.69. The fraction of sp³-hybridized carbons (Fsp3) is 0.200. The number of phenols is 3. The van der Waals surface area contributed by atoms with Crippen LogP contribution in [0, 0.1) is 0 Å². The molecule has 0 bridgehead atoms. The zero-order valence-corrected chi connectivity index (χ0v) is 15.2. The zero-order valence-electron chi connectivity index (χ0n) is 15.2. The first-order valence-corrected chi connectivity index (χ1v) is 8.40. The number of carbonyl (C=O) groups excluding carboxylic acids is 1. The van der Waals surface area contributed by atoms with Crippen molar-refractivity contribution in [3.8, 4) is 34.3 Å². The molecule has 146 valence electrons. The summed E-state index contributed by atoms with van der Waals surface area (Å²) in [7, 11) is 1.39. The van der Waals surface area contributed by atoms with Crippen molar-refractivity contribution in [2.24, 2.45) is 0 Å². The summed E-state index contributed by atoms with van der Waals surface area (Å²) in [6.45, 7) is 1.77. The van der Waals surface area contributed by atoms with Gasteiger partial charge in [-0.1, -0.05) is 0 Å². The highest BCUT2D eigenvalue weighted by Gasteiger charge is 2.22. The van der Waals surface area contributed by atoms with E-state index in [-0.39, 0.29) is 46.1 Å². The number of rotatable bonds is 5. The Balaban J connectivity index is 2.31. The molecule has 0 spiro atoms. The SMILES string of the molecule is CCOC(=O)Cc1c(-c2ccc(OC)c(O)c2)oc2cc(O)cc(O)c2c1=O. The van der Waals surface area contributed by atoms with Crippen molar-refractivity contribution in [3.05, 3.63) is 46.1 Å². The Bertz CT molecular complexity index is 1110. The maximum atomic E-state index is 13.0. The molecule has 3 aromatic rings. The van der Waals surface area contributed by atoms with E-state index in [4.69, 9.17) is 13.9 Å². The van der Waals surface area contributed by atoms with Gasteiger partial charge in [0.05, 0.1) is 25.7 Å². The summed E-state index contributed by atoms with van der Waals surface area (Å²) in [6.07, 6.45) is -0.394.